The highest BCUT2D eigenvalue weighted by atomic mass is 79.9. The third-order valence-corrected chi connectivity index (χ3v) is 5.79. The maximum Gasteiger partial charge on any atom is 0.256 e. The molecule has 0 aliphatic heterocycles. The number of aromatic nitrogens is 1. The molecule has 1 heterocycles. The molecule has 0 spiro atoms. The van der Waals surface area contributed by atoms with Gasteiger partial charge in [-0.3, -0.25) is 4.79 Å². The van der Waals surface area contributed by atoms with Crippen molar-refractivity contribution in [3.63, 3.8) is 0 Å². The van der Waals surface area contributed by atoms with Crippen molar-refractivity contribution in [2.24, 2.45) is 0 Å². The highest BCUT2D eigenvalue weighted by Crippen LogP contribution is 2.28. The van der Waals surface area contributed by atoms with Crippen LogP contribution in [0.5, 0.6) is 0 Å². The zero-order chi connectivity index (χ0) is 20.4. The molecule has 0 saturated carbocycles. The normalized spacial score (nSPS) is 12.1. The molecular formula is C24H21BrN2O2. The van der Waals surface area contributed by atoms with Crippen LogP contribution in [0.15, 0.2) is 75.6 Å². The summed E-state index contributed by atoms with van der Waals surface area (Å²) in [5.74, 6) is 0.904. The van der Waals surface area contributed by atoms with Crippen molar-refractivity contribution in [2.45, 2.75) is 26.2 Å². The summed E-state index contributed by atoms with van der Waals surface area (Å²) in [7, 11) is 0. The van der Waals surface area contributed by atoms with Crippen molar-refractivity contribution >= 4 is 38.6 Å². The van der Waals surface area contributed by atoms with E-state index >= 15 is 0 Å². The Kier molecular flexibility index (Phi) is 5.49. The highest BCUT2D eigenvalue weighted by molar-refractivity contribution is 9.10. The van der Waals surface area contributed by atoms with Gasteiger partial charge in [-0.15, -0.1) is 0 Å². The molecule has 1 atom stereocenters. The number of halogens is 1. The maximum absolute atomic E-state index is 12.4. The average molecular weight is 449 g/mol. The van der Waals surface area contributed by atoms with E-state index in [-0.39, 0.29) is 5.91 Å². The van der Waals surface area contributed by atoms with Gasteiger partial charge < -0.3 is 9.73 Å². The summed E-state index contributed by atoms with van der Waals surface area (Å²) in [4.78, 5) is 17.1. The van der Waals surface area contributed by atoms with Gasteiger partial charge in [0.25, 0.3) is 5.91 Å². The lowest BCUT2D eigenvalue weighted by Crippen LogP contribution is -2.12. The summed E-state index contributed by atoms with van der Waals surface area (Å²) < 4.78 is 6.69. The smallest absolute Gasteiger partial charge is 0.256 e. The molecule has 4 rings (SSSR count). The van der Waals surface area contributed by atoms with Gasteiger partial charge in [0.1, 0.15) is 5.52 Å². The number of hydrogen-bond donors (Lipinski definition) is 1. The van der Waals surface area contributed by atoms with E-state index in [1.807, 2.05) is 48.5 Å². The van der Waals surface area contributed by atoms with Crippen LogP contribution in [0.4, 0.5) is 5.69 Å². The minimum absolute atomic E-state index is 0.162. The standard InChI is InChI=1S/C24H21BrN2O2/c1-3-15(2)17-10-13-22-21(14-17)27-24(29-22)16-8-11-18(12-9-16)26-23(28)19-6-4-5-7-20(19)25/h4-15H,3H2,1-2H3,(H,26,28)/t15-/m0/s1. The molecule has 4 nitrogen and oxygen atoms in total. The second-order valence-electron chi connectivity index (χ2n) is 7.07. The number of fused-ring (bicyclic) bond motifs is 1. The minimum atomic E-state index is -0.162. The van der Waals surface area contributed by atoms with Crippen LogP contribution in [0, 0.1) is 0 Å². The lowest BCUT2D eigenvalue weighted by atomic mass is 9.98. The SMILES string of the molecule is CC[C@H](C)c1ccc2oc(-c3ccc(NC(=O)c4ccccc4Br)cc3)nc2c1. The Morgan fingerprint density at radius 3 is 2.59 bits per heavy atom. The van der Waals surface area contributed by atoms with E-state index in [1.54, 1.807) is 6.07 Å². The van der Waals surface area contributed by atoms with Crippen LogP contribution in [-0.2, 0) is 0 Å². The summed E-state index contributed by atoms with van der Waals surface area (Å²) >= 11 is 3.41. The first kappa shape index (κ1) is 19.4. The number of hydrogen-bond acceptors (Lipinski definition) is 3. The van der Waals surface area contributed by atoms with Crippen LogP contribution < -0.4 is 5.32 Å². The van der Waals surface area contributed by atoms with Crippen molar-refractivity contribution in [2.75, 3.05) is 5.32 Å². The molecule has 0 aliphatic rings. The molecule has 29 heavy (non-hydrogen) atoms. The van der Waals surface area contributed by atoms with Crippen molar-refractivity contribution in [3.8, 4) is 11.5 Å². The summed E-state index contributed by atoms with van der Waals surface area (Å²) in [6, 6.07) is 21.0. The first-order chi connectivity index (χ1) is 14.0. The second kappa shape index (κ2) is 8.21. The number of benzene rings is 3. The zero-order valence-corrected chi connectivity index (χ0v) is 17.9. The van der Waals surface area contributed by atoms with Gasteiger partial charge >= 0.3 is 0 Å². The topological polar surface area (TPSA) is 55.1 Å². The van der Waals surface area contributed by atoms with Crippen molar-refractivity contribution < 1.29 is 9.21 Å². The molecule has 0 saturated heterocycles. The highest BCUT2D eigenvalue weighted by Gasteiger charge is 2.12. The third-order valence-electron chi connectivity index (χ3n) is 5.10. The van der Waals surface area contributed by atoms with E-state index in [1.165, 1.54) is 5.56 Å². The Bertz CT molecular complexity index is 1170. The number of oxazole rings is 1. The maximum atomic E-state index is 12.4. The molecule has 0 aliphatic carbocycles. The van der Waals surface area contributed by atoms with Crippen LogP contribution in [-0.4, -0.2) is 10.9 Å². The van der Waals surface area contributed by atoms with Gasteiger partial charge in [-0.25, -0.2) is 4.98 Å². The summed E-state index contributed by atoms with van der Waals surface area (Å²) in [6.07, 6.45) is 1.09. The molecule has 0 unspecified atom stereocenters. The minimum Gasteiger partial charge on any atom is -0.436 e. The molecular weight excluding hydrogens is 428 g/mol. The van der Waals surface area contributed by atoms with Crippen LogP contribution in [0.25, 0.3) is 22.6 Å². The Morgan fingerprint density at radius 1 is 1.10 bits per heavy atom. The quantitative estimate of drug-likeness (QED) is 0.356. The Balaban J connectivity index is 1.54. The fourth-order valence-corrected chi connectivity index (χ4v) is 3.61. The fourth-order valence-electron chi connectivity index (χ4n) is 3.15. The first-order valence-electron chi connectivity index (χ1n) is 9.62. The van der Waals surface area contributed by atoms with Gasteiger partial charge in [0, 0.05) is 15.7 Å². The van der Waals surface area contributed by atoms with Gasteiger partial charge in [0.2, 0.25) is 5.89 Å². The molecule has 0 radical (unpaired) electrons. The van der Waals surface area contributed by atoms with Crippen LogP contribution >= 0.6 is 15.9 Å². The monoisotopic (exact) mass is 448 g/mol. The van der Waals surface area contributed by atoms with E-state index in [2.05, 4.69) is 52.2 Å². The van der Waals surface area contributed by atoms with Gasteiger partial charge in [-0.05, 0) is 82.4 Å². The molecule has 0 fully saturated rings. The lowest BCUT2D eigenvalue weighted by Gasteiger charge is -2.07. The van der Waals surface area contributed by atoms with E-state index in [0.717, 1.165) is 27.6 Å². The van der Waals surface area contributed by atoms with Crippen LogP contribution in [0.3, 0.4) is 0 Å². The number of nitrogens with zero attached hydrogens (tertiary/aromatic N) is 1. The Morgan fingerprint density at radius 2 is 1.86 bits per heavy atom. The molecule has 4 aromatic rings. The van der Waals surface area contributed by atoms with Crippen molar-refractivity contribution in [1.82, 2.24) is 4.98 Å². The fraction of sp³-hybridized carbons (Fsp3) is 0.167. The third kappa shape index (κ3) is 4.10. The van der Waals surface area contributed by atoms with E-state index < -0.39 is 0 Å². The zero-order valence-electron chi connectivity index (χ0n) is 16.3. The van der Waals surface area contributed by atoms with Crippen molar-refractivity contribution in [3.05, 3.63) is 82.3 Å². The van der Waals surface area contributed by atoms with Gasteiger partial charge in [-0.1, -0.05) is 32.0 Å². The van der Waals surface area contributed by atoms with Crippen molar-refractivity contribution in [1.29, 1.82) is 0 Å². The molecule has 5 heteroatoms. The second-order valence-corrected chi connectivity index (χ2v) is 7.92. The predicted octanol–water partition coefficient (Wildman–Crippen LogP) is 7.02. The number of anilines is 1. The lowest BCUT2D eigenvalue weighted by molar-refractivity contribution is 0.102. The molecule has 1 N–H and O–H groups in total. The molecule has 1 aromatic heterocycles. The summed E-state index contributed by atoms with van der Waals surface area (Å²) in [6.45, 7) is 4.39. The number of carbonyl (C=O) groups is 1. The number of carbonyl (C=O) groups excluding carboxylic acids is 1. The van der Waals surface area contributed by atoms with Crippen LogP contribution in [0.2, 0.25) is 0 Å². The summed E-state index contributed by atoms with van der Waals surface area (Å²) in [5, 5.41) is 2.91. The Hall–Kier alpha value is -2.92. The number of rotatable bonds is 5. The molecule has 3 aromatic carbocycles. The van der Waals surface area contributed by atoms with Gasteiger partial charge in [0.15, 0.2) is 5.58 Å². The van der Waals surface area contributed by atoms with E-state index in [0.29, 0.717) is 23.1 Å². The molecule has 1 amide bonds. The average Bonchev–Trinajstić information content (AvgIpc) is 3.17. The Labute approximate surface area is 178 Å². The predicted molar refractivity (Wildman–Crippen MR) is 120 cm³/mol. The molecule has 0 bridgehead atoms. The van der Waals surface area contributed by atoms with Crippen LogP contribution in [0.1, 0.15) is 42.1 Å². The number of amides is 1. The van der Waals surface area contributed by atoms with E-state index in [9.17, 15) is 4.79 Å². The number of nitrogens with one attached hydrogen (secondary N) is 1. The summed E-state index contributed by atoms with van der Waals surface area (Å²) in [5.41, 5.74) is 5.08. The largest absolute Gasteiger partial charge is 0.436 e. The first-order valence-corrected chi connectivity index (χ1v) is 10.4. The van der Waals surface area contributed by atoms with E-state index in [4.69, 9.17) is 4.42 Å². The van der Waals surface area contributed by atoms with Gasteiger partial charge in [-0.2, -0.15) is 0 Å². The molecule has 146 valence electrons. The van der Waals surface area contributed by atoms with Gasteiger partial charge in [0.05, 0.1) is 5.56 Å².